The SMILES string of the molecule is O=C(O)CC[N+]1(CO)COC12NC2(CC(=O)O)C(=O)O. The topological polar surface area (TPSA) is 163 Å². The molecule has 2 fully saturated rings. The normalized spacial score (nSPS) is 38.2. The van der Waals surface area contributed by atoms with Crippen molar-refractivity contribution in [1.29, 1.82) is 0 Å². The molecule has 0 radical (unpaired) electrons. The zero-order chi connectivity index (χ0) is 15.2. The van der Waals surface area contributed by atoms with Crippen LogP contribution in [0.25, 0.3) is 0 Å². The van der Waals surface area contributed by atoms with Crippen LogP contribution in [0, 0.1) is 0 Å². The van der Waals surface area contributed by atoms with Crippen LogP contribution in [0.2, 0.25) is 0 Å². The summed E-state index contributed by atoms with van der Waals surface area (Å²) in [6.07, 6.45) is -1.02. The molecule has 10 heteroatoms. The number of nitrogens with zero attached hydrogens (tertiary/aromatic N) is 1. The summed E-state index contributed by atoms with van der Waals surface area (Å²) in [5.74, 6) is -5.41. The monoisotopic (exact) mass is 291 g/mol. The minimum absolute atomic E-state index is 0.0620. The summed E-state index contributed by atoms with van der Waals surface area (Å²) in [4.78, 5) is 32.8. The molecular weight excluding hydrogens is 276 g/mol. The number of carbonyl (C=O) groups is 3. The molecule has 2 aliphatic heterocycles. The maximum absolute atomic E-state index is 11.4. The number of aliphatic hydroxyl groups excluding tert-OH is 1. The molecule has 3 atom stereocenters. The van der Waals surface area contributed by atoms with Gasteiger partial charge in [-0.1, -0.05) is 0 Å². The van der Waals surface area contributed by atoms with E-state index in [2.05, 4.69) is 5.32 Å². The van der Waals surface area contributed by atoms with Crippen molar-refractivity contribution in [2.24, 2.45) is 0 Å². The lowest BCUT2D eigenvalue weighted by atomic mass is 9.99. The Labute approximate surface area is 112 Å². The number of aliphatic hydroxyl groups is 1. The molecule has 5 N–H and O–H groups in total. The zero-order valence-corrected chi connectivity index (χ0v) is 10.4. The summed E-state index contributed by atoms with van der Waals surface area (Å²) >= 11 is 0. The summed E-state index contributed by atoms with van der Waals surface area (Å²) in [6, 6.07) is 0. The molecule has 0 aliphatic carbocycles. The Balaban J connectivity index is 2.25. The fraction of sp³-hybridized carbons (Fsp3) is 0.700. The first-order valence-electron chi connectivity index (χ1n) is 5.83. The first-order valence-corrected chi connectivity index (χ1v) is 5.83. The molecule has 0 aromatic rings. The van der Waals surface area contributed by atoms with Gasteiger partial charge in [-0.05, 0) is 0 Å². The molecule has 0 aromatic carbocycles. The van der Waals surface area contributed by atoms with Gasteiger partial charge >= 0.3 is 23.8 Å². The molecule has 10 nitrogen and oxygen atoms in total. The van der Waals surface area contributed by atoms with E-state index in [0.717, 1.165) is 0 Å². The third-order valence-corrected chi connectivity index (χ3v) is 3.89. The maximum atomic E-state index is 11.4. The molecule has 0 aromatic heterocycles. The highest BCUT2D eigenvalue weighted by Gasteiger charge is 2.90. The second-order valence-electron chi connectivity index (χ2n) is 4.98. The number of hydrogen-bond donors (Lipinski definition) is 5. The van der Waals surface area contributed by atoms with Gasteiger partial charge in [-0.15, -0.1) is 0 Å². The van der Waals surface area contributed by atoms with Gasteiger partial charge in [0.15, 0.2) is 13.5 Å². The second kappa shape index (κ2) is 4.38. The highest BCUT2D eigenvalue weighted by Crippen LogP contribution is 2.55. The fourth-order valence-corrected chi connectivity index (χ4v) is 2.72. The van der Waals surface area contributed by atoms with Crippen molar-refractivity contribution in [3.63, 3.8) is 0 Å². The van der Waals surface area contributed by atoms with E-state index in [1.54, 1.807) is 0 Å². The van der Waals surface area contributed by atoms with E-state index in [1.165, 1.54) is 0 Å². The van der Waals surface area contributed by atoms with E-state index in [9.17, 15) is 24.6 Å². The van der Waals surface area contributed by atoms with Gasteiger partial charge < -0.3 is 20.4 Å². The molecule has 3 unspecified atom stereocenters. The van der Waals surface area contributed by atoms with Gasteiger partial charge in [0.1, 0.15) is 0 Å². The van der Waals surface area contributed by atoms with Gasteiger partial charge in [-0.3, -0.25) is 14.3 Å². The lowest BCUT2D eigenvalue weighted by Gasteiger charge is -2.50. The Morgan fingerprint density at radius 1 is 1.20 bits per heavy atom. The maximum Gasteiger partial charge on any atom is 0.336 e. The van der Waals surface area contributed by atoms with Crippen LogP contribution in [-0.2, 0) is 19.1 Å². The van der Waals surface area contributed by atoms with Gasteiger partial charge in [0.2, 0.25) is 5.54 Å². The van der Waals surface area contributed by atoms with Crippen LogP contribution in [-0.4, -0.2) is 74.2 Å². The van der Waals surface area contributed by atoms with Crippen molar-refractivity contribution in [2.75, 3.05) is 20.0 Å². The van der Waals surface area contributed by atoms with Gasteiger partial charge in [0.05, 0.1) is 19.4 Å². The Morgan fingerprint density at radius 3 is 2.20 bits per heavy atom. The highest BCUT2D eigenvalue weighted by molar-refractivity contribution is 5.90. The summed E-state index contributed by atoms with van der Waals surface area (Å²) < 4.78 is 4.86. The number of carboxylic acid groups (broad SMARTS) is 3. The lowest BCUT2D eigenvalue weighted by molar-refractivity contribution is -1.08. The Kier molecular flexibility index (Phi) is 3.21. The summed E-state index contributed by atoms with van der Waals surface area (Å²) in [5.41, 5.74) is -1.85. The molecule has 2 heterocycles. The van der Waals surface area contributed by atoms with Crippen LogP contribution >= 0.6 is 0 Å². The van der Waals surface area contributed by atoms with Crippen molar-refractivity contribution in [2.45, 2.75) is 24.2 Å². The number of aliphatic carboxylic acids is 3. The Hall–Kier alpha value is -1.75. The number of nitrogens with one attached hydrogen (secondary N) is 1. The Bertz CT molecular complexity index is 478. The predicted molar refractivity (Wildman–Crippen MR) is 58.9 cm³/mol. The minimum atomic E-state index is -1.85. The van der Waals surface area contributed by atoms with Gasteiger partial charge in [0.25, 0.3) is 0 Å². The van der Waals surface area contributed by atoms with Crippen molar-refractivity contribution >= 4 is 17.9 Å². The molecule has 0 amide bonds. The van der Waals surface area contributed by atoms with Crippen LogP contribution in [0.15, 0.2) is 0 Å². The molecular formula is C10H15N2O8+. The number of carboxylic acids is 3. The quantitative estimate of drug-likeness (QED) is 0.258. The first-order chi connectivity index (χ1) is 9.25. The van der Waals surface area contributed by atoms with E-state index < -0.39 is 42.4 Å². The van der Waals surface area contributed by atoms with Crippen LogP contribution < -0.4 is 5.32 Å². The highest BCUT2D eigenvalue weighted by atomic mass is 16.6. The number of hydrogen-bond acceptors (Lipinski definition) is 6. The van der Waals surface area contributed by atoms with Crippen molar-refractivity contribution in [3.05, 3.63) is 0 Å². The molecule has 2 aliphatic rings. The molecule has 0 bridgehead atoms. The predicted octanol–water partition coefficient (Wildman–Crippen LogP) is -2.23. The lowest BCUT2D eigenvalue weighted by Crippen LogP contribution is -2.74. The van der Waals surface area contributed by atoms with Gasteiger partial charge in [-0.2, -0.15) is 0 Å². The van der Waals surface area contributed by atoms with E-state index >= 15 is 0 Å². The molecule has 20 heavy (non-hydrogen) atoms. The number of rotatable bonds is 7. The number of quaternary nitrogens is 1. The minimum Gasteiger partial charge on any atom is -0.481 e. The third kappa shape index (κ3) is 1.69. The molecule has 112 valence electrons. The van der Waals surface area contributed by atoms with Crippen molar-refractivity contribution in [3.8, 4) is 0 Å². The van der Waals surface area contributed by atoms with Gasteiger partial charge in [0, 0.05) is 0 Å². The van der Waals surface area contributed by atoms with Crippen molar-refractivity contribution < 1.29 is 44.0 Å². The fourth-order valence-electron chi connectivity index (χ4n) is 2.72. The van der Waals surface area contributed by atoms with Crippen LogP contribution in [0.1, 0.15) is 12.8 Å². The first kappa shape index (κ1) is 14.7. The molecule has 2 saturated heterocycles. The smallest absolute Gasteiger partial charge is 0.336 e. The average molecular weight is 291 g/mol. The Morgan fingerprint density at radius 2 is 1.85 bits per heavy atom. The van der Waals surface area contributed by atoms with E-state index in [-0.39, 0.29) is 24.2 Å². The van der Waals surface area contributed by atoms with Crippen LogP contribution in [0.3, 0.4) is 0 Å². The largest absolute Gasteiger partial charge is 0.481 e. The summed E-state index contributed by atoms with van der Waals surface area (Å²) in [6.45, 7) is -0.687. The number of ether oxygens (including phenoxy) is 1. The third-order valence-electron chi connectivity index (χ3n) is 3.89. The summed E-state index contributed by atoms with van der Waals surface area (Å²) in [7, 11) is 0. The van der Waals surface area contributed by atoms with E-state index in [4.69, 9.17) is 14.9 Å². The van der Waals surface area contributed by atoms with Crippen LogP contribution in [0.5, 0.6) is 0 Å². The van der Waals surface area contributed by atoms with Crippen molar-refractivity contribution in [1.82, 2.24) is 5.32 Å². The van der Waals surface area contributed by atoms with E-state index in [1.807, 2.05) is 0 Å². The average Bonchev–Trinajstić information content (AvgIpc) is 3.01. The second-order valence-corrected chi connectivity index (χ2v) is 4.98. The summed E-state index contributed by atoms with van der Waals surface area (Å²) in [5, 5.41) is 38.8. The molecule has 0 saturated carbocycles. The van der Waals surface area contributed by atoms with Gasteiger partial charge in [-0.25, -0.2) is 14.6 Å². The zero-order valence-electron chi connectivity index (χ0n) is 10.4. The van der Waals surface area contributed by atoms with E-state index in [0.29, 0.717) is 0 Å². The van der Waals surface area contributed by atoms with Crippen LogP contribution in [0.4, 0.5) is 0 Å². The molecule has 1 spiro atoms. The molecule has 2 rings (SSSR count). The standard InChI is InChI=1S/C10H14N2O8/c13-4-12(2-1-6(14)15)5-20-10(12)9(11-10,8(18)19)3-7(16)17/h11,13H,1-5H2,(H2-,14,15,16,17,18,19)/p+1.